The molecule has 0 aliphatic heterocycles. The van der Waals surface area contributed by atoms with Crippen molar-refractivity contribution in [3.05, 3.63) is 5.82 Å². The molecule has 14 heavy (non-hydrogen) atoms. The van der Waals surface area contributed by atoms with Crippen LogP contribution in [0.4, 0.5) is 0 Å². The molecule has 1 atom stereocenters. The third-order valence-corrected chi connectivity index (χ3v) is 4.58. The SMILES string of the molecule is CCCC(CS)CSc1nc(C)ns1. The summed E-state index contributed by atoms with van der Waals surface area (Å²) in [5.74, 6) is 3.68. The van der Waals surface area contributed by atoms with E-state index in [1.54, 1.807) is 0 Å². The van der Waals surface area contributed by atoms with Crippen LogP contribution in [0.5, 0.6) is 0 Å². The molecule has 2 nitrogen and oxygen atoms in total. The maximum atomic E-state index is 4.36. The minimum atomic E-state index is 0.706. The molecule has 1 heterocycles. The first-order chi connectivity index (χ1) is 6.76. The first-order valence-corrected chi connectivity index (χ1v) is 7.19. The van der Waals surface area contributed by atoms with E-state index in [4.69, 9.17) is 0 Å². The number of nitrogens with zero attached hydrogens (tertiary/aromatic N) is 2. The Kier molecular flexibility index (Phi) is 5.89. The Morgan fingerprint density at radius 2 is 2.36 bits per heavy atom. The van der Waals surface area contributed by atoms with E-state index in [9.17, 15) is 0 Å². The van der Waals surface area contributed by atoms with Gasteiger partial charge < -0.3 is 0 Å². The van der Waals surface area contributed by atoms with Crippen LogP contribution >= 0.6 is 35.9 Å². The van der Waals surface area contributed by atoms with Crippen molar-refractivity contribution in [2.75, 3.05) is 11.5 Å². The smallest absolute Gasteiger partial charge is 0.170 e. The molecule has 0 amide bonds. The Hall–Kier alpha value is 0.260. The molecule has 0 saturated heterocycles. The molecule has 1 aromatic rings. The monoisotopic (exact) mass is 248 g/mol. The van der Waals surface area contributed by atoms with E-state index < -0.39 is 0 Å². The molecular weight excluding hydrogens is 232 g/mol. The van der Waals surface area contributed by atoms with Gasteiger partial charge in [-0.3, -0.25) is 0 Å². The third kappa shape index (κ3) is 4.19. The van der Waals surface area contributed by atoms with Crippen LogP contribution in [0, 0.1) is 12.8 Å². The van der Waals surface area contributed by atoms with Crippen LogP contribution in [0.3, 0.4) is 0 Å². The topological polar surface area (TPSA) is 25.8 Å². The summed E-state index contributed by atoms with van der Waals surface area (Å²) in [5.41, 5.74) is 0. The quantitative estimate of drug-likeness (QED) is 0.618. The number of thiol groups is 1. The lowest BCUT2D eigenvalue weighted by Crippen LogP contribution is -2.04. The summed E-state index contributed by atoms with van der Waals surface area (Å²) in [5, 5.41) is 0. The van der Waals surface area contributed by atoms with Crippen LogP contribution < -0.4 is 0 Å². The van der Waals surface area contributed by atoms with Crippen LogP contribution in [-0.4, -0.2) is 20.9 Å². The first kappa shape index (κ1) is 12.3. The Balaban J connectivity index is 2.31. The lowest BCUT2D eigenvalue weighted by atomic mass is 10.1. The molecule has 0 aliphatic rings. The molecule has 0 saturated carbocycles. The van der Waals surface area contributed by atoms with Gasteiger partial charge in [-0.05, 0) is 36.5 Å². The Morgan fingerprint density at radius 1 is 1.57 bits per heavy atom. The van der Waals surface area contributed by atoms with Crippen molar-refractivity contribution in [2.45, 2.75) is 31.0 Å². The number of thioether (sulfide) groups is 1. The zero-order valence-electron chi connectivity index (χ0n) is 8.56. The largest absolute Gasteiger partial charge is 0.213 e. The van der Waals surface area contributed by atoms with Gasteiger partial charge in [-0.1, -0.05) is 25.1 Å². The molecule has 0 bridgehead atoms. The lowest BCUT2D eigenvalue weighted by molar-refractivity contribution is 0.595. The molecule has 0 fully saturated rings. The predicted octanol–water partition coefficient (Wildman–Crippen LogP) is 3.28. The molecule has 0 aromatic carbocycles. The normalized spacial score (nSPS) is 13.1. The second-order valence-electron chi connectivity index (χ2n) is 3.26. The van der Waals surface area contributed by atoms with Gasteiger partial charge in [0.15, 0.2) is 4.34 Å². The second-order valence-corrected chi connectivity index (χ2v) is 5.64. The van der Waals surface area contributed by atoms with Gasteiger partial charge >= 0.3 is 0 Å². The van der Waals surface area contributed by atoms with Gasteiger partial charge in [-0.2, -0.15) is 17.0 Å². The van der Waals surface area contributed by atoms with E-state index in [-0.39, 0.29) is 0 Å². The molecule has 0 aliphatic carbocycles. The number of hydrogen-bond donors (Lipinski definition) is 1. The number of aryl methyl sites for hydroxylation is 1. The van der Waals surface area contributed by atoms with Crippen LogP contribution in [0.2, 0.25) is 0 Å². The summed E-state index contributed by atoms with van der Waals surface area (Å²) in [6, 6.07) is 0. The van der Waals surface area contributed by atoms with Crippen molar-refractivity contribution in [3.63, 3.8) is 0 Å². The number of hydrogen-bond acceptors (Lipinski definition) is 5. The maximum absolute atomic E-state index is 4.36. The van der Waals surface area contributed by atoms with Crippen molar-refractivity contribution in [3.8, 4) is 0 Å². The average molecular weight is 248 g/mol. The Bertz CT molecular complexity index is 262. The Labute approximate surface area is 99.5 Å². The number of rotatable bonds is 6. The van der Waals surface area contributed by atoms with Crippen molar-refractivity contribution >= 4 is 35.9 Å². The fraction of sp³-hybridized carbons (Fsp3) is 0.778. The molecule has 80 valence electrons. The standard InChI is InChI=1S/C9H16N2S3/c1-3-4-8(5-12)6-13-9-10-7(2)11-14-9/h8,12H,3-6H2,1-2H3. The minimum absolute atomic E-state index is 0.706. The van der Waals surface area contributed by atoms with E-state index in [2.05, 4.69) is 28.9 Å². The first-order valence-electron chi connectivity index (χ1n) is 4.80. The van der Waals surface area contributed by atoms with Crippen LogP contribution in [0.25, 0.3) is 0 Å². The van der Waals surface area contributed by atoms with E-state index in [0.29, 0.717) is 5.92 Å². The van der Waals surface area contributed by atoms with Gasteiger partial charge in [0.1, 0.15) is 5.82 Å². The summed E-state index contributed by atoms with van der Waals surface area (Å²) in [6.45, 7) is 4.15. The van der Waals surface area contributed by atoms with Crippen molar-refractivity contribution < 1.29 is 0 Å². The van der Waals surface area contributed by atoms with Crippen molar-refractivity contribution in [2.24, 2.45) is 5.92 Å². The highest BCUT2D eigenvalue weighted by molar-refractivity contribution is 8.00. The number of aromatic nitrogens is 2. The molecular formula is C9H16N2S3. The fourth-order valence-electron chi connectivity index (χ4n) is 1.16. The highest BCUT2D eigenvalue weighted by Crippen LogP contribution is 2.24. The second kappa shape index (κ2) is 6.69. The van der Waals surface area contributed by atoms with E-state index in [0.717, 1.165) is 21.7 Å². The van der Waals surface area contributed by atoms with E-state index in [1.165, 1.54) is 24.4 Å². The molecule has 0 spiro atoms. The van der Waals surface area contributed by atoms with Gasteiger partial charge in [0.25, 0.3) is 0 Å². The van der Waals surface area contributed by atoms with Gasteiger partial charge in [0.05, 0.1) is 0 Å². The van der Waals surface area contributed by atoms with Crippen LogP contribution in [0.1, 0.15) is 25.6 Å². The minimum Gasteiger partial charge on any atom is -0.213 e. The highest BCUT2D eigenvalue weighted by atomic mass is 32.2. The molecule has 0 N–H and O–H groups in total. The molecule has 1 aromatic heterocycles. The molecule has 1 unspecified atom stereocenters. The maximum Gasteiger partial charge on any atom is 0.170 e. The zero-order valence-corrected chi connectivity index (χ0v) is 11.1. The molecule has 0 radical (unpaired) electrons. The summed E-state index contributed by atoms with van der Waals surface area (Å²) in [6.07, 6.45) is 2.50. The van der Waals surface area contributed by atoms with Crippen LogP contribution in [-0.2, 0) is 0 Å². The van der Waals surface area contributed by atoms with Gasteiger partial charge in [0.2, 0.25) is 0 Å². The lowest BCUT2D eigenvalue weighted by Gasteiger charge is -2.10. The van der Waals surface area contributed by atoms with Crippen LogP contribution in [0.15, 0.2) is 4.34 Å². The summed E-state index contributed by atoms with van der Waals surface area (Å²) < 4.78 is 5.25. The summed E-state index contributed by atoms with van der Waals surface area (Å²) >= 11 is 7.66. The fourth-order valence-corrected chi connectivity index (χ4v) is 3.46. The van der Waals surface area contributed by atoms with Crippen molar-refractivity contribution in [1.82, 2.24) is 9.36 Å². The van der Waals surface area contributed by atoms with Gasteiger partial charge in [-0.15, -0.1) is 0 Å². The highest BCUT2D eigenvalue weighted by Gasteiger charge is 2.08. The third-order valence-electron chi connectivity index (χ3n) is 1.91. The summed E-state index contributed by atoms with van der Waals surface area (Å²) in [4.78, 5) is 4.32. The van der Waals surface area contributed by atoms with Gasteiger partial charge in [0, 0.05) is 5.75 Å². The predicted molar refractivity (Wildman–Crippen MR) is 67.6 cm³/mol. The van der Waals surface area contributed by atoms with Crippen molar-refractivity contribution in [1.29, 1.82) is 0 Å². The molecule has 5 heteroatoms. The summed E-state index contributed by atoms with van der Waals surface area (Å²) in [7, 11) is 0. The zero-order chi connectivity index (χ0) is 10.4. The molecule has 1 rings (SSSR count). The van der Waals surface area contributed by atoms with Gasteiger partial charge in [-0.25, -0.2) is 4.98 Å². The average Bonchev–Trinajstić information content (AvgIpc) is 2.59. The Morgan fingerprint density at radius 3 is 2.86 bits per heavy atom. The van der Waals surface area contributed by atoms with E-state index in [1.807, 2.05) is 18.7 Å². The van der Waals surface area contributed by atoms with E-state index >= 15 is 0 Å².